The number of thiophene rings is 1. The molecule has 5 rings (SSSR count). The molecule has 0 bridgehead atoms. The first-order valence-corrected chi connectivity index (χ1v) is 14.2. The third-order valence-corrected chi connectivity index (χ3v) is 10.4. The van der Waals surface area contributed by atoms with Gasteiger partial charge in [-0.3, -0.25) is 9.69 Å². The van der Waals surface area contributed by atoms with Crippen LogP contribution >= 0.6 is 22.7 Å². The number of sulfonamides is 1. The molecule has 2 aliphatic heterocycles. The smallest absolute Gasteiger partial charge is 0.252 e. The fraction of sp³-hybridized carbons (Fsp3) is 0.455. The van der Waals surface area contributed by atoms with Crippen LogP contribution in [0.15, 0.2) is 33.9 Å². The van der Waals surface area contributed by atoms with Crippen molar-refractivity contribution in [2.24, 2.45) is 5.92 Å². The molecular weight excluding hydrogens is 504 g/mol. The quantitative estimate of drug-likeness (QED) is 0.479. The topological polar surface area (TPSA) is 79.8 Å². The van der Waals surface area contributed by atoms with Crippen molar-refractivity contribution in [3.05, 3.63) is 41.3 Å². The molecule has 2 fully saturated rings. The van der Waals surface area contributed by atoms with Gasteiger partial charge in [-0.2, -0.15) is 4.31 Å². The summed E-state index contributed by atoms with van der Waals surface area (Å²) in [6, 6.07) is 5.21. The van der Waals surface area contributed by atoms with E-state index in [9.17, 15) is 22.0 Å². The fourth-order valence-electron chi connectivity index (χ4n) is 4.44. The largest absolute Gasteiger partial charge is 0.376 e. The lowest BCUT2D eigenvalue weighted by Crippen LogP contribution is -2.48. The summed E-state index contributed by atoms with van der Waals surface area (Å²) in [7, 11) is -3.68. The minimum Gasteiger partial charge on any atom is -0.376 e. The van der Waals surface area contributed by atoms with Crippen LogP contribution in [0.5, 0.6) is 0 Å². The number of nitrogens with zero attached hydrogens (tertiary/aromatic N) is 3. The van der Waals surface area contributed by atoms with Crippen LogP contribution in [0.2, 0.25) is 0 Å². The molecule has 7 nitrogen and oxygen atoms in total. The lowest BCUT2D eigenvalue weighted by atomic mass is 9.98. The highest BCUT2D eigenvalue weighted by molar-refractivity contribution is 7.91. The second-order valence-electron chi connectivity index (χ2n) is 8.45. The lowest BCUT2D eigenvalue weighted by molar-refractivity contribution is -0.123. The van der Waals surface area contributed by atoms with Gasteiger partial charge < -0.3 is 4.74 Å². The zero-order chi connectivity index (χ0) is 23.9. The summed E-state index contributed by atoms with van der Waals surface area (Å²) >= 11 is 2.19. The molecule has 12 heteroatoms. The number of halogens is 2. The molecule has 0 aliphatic carbocycles. The molecule has 4 heterocycles. The number of carbonyl (C=O) groups is 1. The first-order chi connectivity index (χ1) is 16.3. The number of hydrogen-bond acceptors (Lipinski definition) is 7. The minimum atomic E-state index is -3.68. The molecule has 2 unspecified atom stereocenters. The first kappa shape index (κ1) is 23.7. The number of ether oxygens (including phenoxy) is 1. The second kappa shape index (κ2) is 9.57. The summed E-state index contributed by atoms with van der Waals surface area (Å²) in [5.41, 5.74) is 0.0112. The molecule has 0 saturated carbocycles. The van der Waals surface area contributed by atoms with Crippen LogP contribution in [0.4, 0.5) is 13.9 Å². The van der Waals surface area contributed by atoms with E-state index in [2.05, 4.69) is 4.98 Å². The molecule has 0 N–H and O–H groups in total. The van der Waals surface area contributed by atoms with Crippen molar-refractivity contribution in [1.29, 1.82) is 0 Å². The number of fused-ring (bicyclic) bond motifs is 1. The van der Waals surface area contributed by atoms with Crippen LogP contribution < -0.4 is 4.90 Å². The summed E-state index contributed by atoms with van der Waals surface area (Å²) in [4.78, 5) is 19.5. The molecular formula is C22H23F2N3O4S3. The third kappa shape index (κ3) is 4.61. The van der Waals surface area contributed by atoms with Gasteiger partial charge >= 0.3 is 0 Å². The Bertz CT molecular complexity index is 1290. The molecule has 34 heavy (non-hydrogen) atoms. The van der Waals surface area contributed by atoms with Crippen LogP contribution in [0, 0.1) is 17.6 Å². The van der Waals surface area contributed by atoms with Gasteiger partial charge in [0.1, 0.15) is 15.5 Å². The monoisotopic (exact) mass is 527 g/mol. The third-order valence-electron chi connectivity index (χ3n) is 6.13. The average Bonchev–Trinajstić information content (AvgIpc) is 3.59. The van der Waals surface area contributed by atoms with Crippen LogP contribution in [0.1, 0.15) is 25.7 Å². The molecule has 2 saturated heterocycles. The maximum atomic E-state index is 14.3. The Morgan fingerprint density at radius 2 is 2.12 bits per heavy atom. The Kier molecular flexibility index (Phi) is 6.68. The molecule has 2 aliphatic rings. The highest BCUT2D eigenvalue weighted by Gasteiger charge is 2.37. The van der Waals surface area contributed by atoms with E-state index >= 15 is 0 Å². The van der Waals surface area contributed by atoms with E-state index < -0.39 is 27.6 Å². The summed E-state index contributed by atoms with van der Waals surface area (Å²) in [6.45, 7) is 1.25. The molecule has 1 amide bonds. The van der Waals surface area contributed by atoms with Gasteiger partial charge in [0.05, 0.1) is 23.3 Å². The van der Waals surface area contributed by atoms with Crippen LogP contribution in [-0.2, 0) is 19.6 Å². The number of piperidine rings is 1. The van der Waals surface area contributed by atoms with Crippen LogP contribution in [0.3, 0.4) is 0 Å². The highest BCUT2D eigenvalue weighted by Crippen LogP contribution is 2.34. The van der Waals surface area contributed by atoms with Crippen molar-refractivity contribution < 1.29 is 26.7 Å². The predicted octanol–water partition coefficient (Wildman–Crippen LogP) is 4.25. The van der Waals surface area contributed by atoms with Gasteiger partial charge in [-0.1, -0.05) is 17.4 Å². The molecule has 1 aromatic carbocycles. The van der Waals surface area contributed by atoms with Gasteiger partial charge in [0, 0.05) is 25.8 Å². The van der Waals surface area contributed by atoms with E-state index in [0.717, 1.165) is 41.6 Å². The standard InChI is InChI=1S/C22H23F2N3O4S3/c23-15-10-17(24)20-18(11-15)33-22(25-20)27(13-16-5-2-8-31-16)21(28)14-4-1-7-26(12-14)34(29,30)19-6-3-9-32-19/h3,6,9-11,14,16H,1-2,4-5,7-8,12-13H2. The predicted molar refractivity (Wildman–Crippen MR) is 127 cm³/mol. The molecule has 0 spiro atoms. The molecule has 2 aromatic heterocycles. The molecule has 3 aromatic rings. The number of anilines is 1. The van der Waals surface area contributed by atoms with Crippen molar-refractivity contribution in [2.45, 2.75) is 36.0 Å². The van der Waals surface area contributed by atoms with Crippen LogP contribution in [0.25, 0.3) is 10.2 Å². The number of thiazole rings is 1. The van der Waals surface area contributed by atoms with Crippen LogP contribution in [-0.4, -0.2) is 56.0 Å². The van der Waals surface area contributed by atoms with Crippen molar-refractivity contribution in [3.8, 4) is 0 Å². The second-order valence-corrected chi connectivity index (χ2v) is 12.6. The van der Waals surface area contributed by atoms with Crippen molar-refractivity contribution >= 4 is 54.0 Å². The Morgan fingerprint density at radius 3 is 2.85 bits per heavy atom. The fourth-order valence-corrected chi connectivity index (χ4v) is 8.12. The van der Waals surface area contributed by atoms with E-state index in [-0.39, 0.29) is 40.0 Å². The van der Waals surface area contributed by atoms with Crippen molar-refractivity contribution in [2.75, 3.05) is 31.1 Å². The van der Waals surface area contributed by atoms with E-state index in [1.165, 1.54) is 15.3 Å². The maximum Gasteiger partial charge on any atom is 0.252 e. The number of rotatable bonds is 6. The molecule has 2 atom stereocenters. The van der Waals surface area contributed by atoms with Gasteiger partial charge in [0.2, 0.25) is 5.91 Å². The van der Waals surface area contributed by atoms with E-state index in [1.54, 1.807) is 17.5 Å². The molecule has 0 radical (unpaired) electrons. The van der Waals surface area contributed by atoms with Gasteiger partial charge in [0.15, 0.2) is 10.9 Å². The Balaban J connectivity index is 1.44. The number of carbonyl (C=O) groups excluding carboxylic acids is 1. The zero-order valence-electron chi connectivity index (χ0n) is 18.2. The Morgan fingerprint density at radius 1 is 1.26 bits per heavy atom. The Labute approximate surface area is 204 Å². The summed E-state index contributed by atoms with van der Waals surface area (Å²) in [5.74, 6) is -2.34. The highest BCUT2D eigenvalue weighted by atomic mass is 32.2. The number of amides is 1. The van der Waals surface area contributed by atoms with Gasteiger partial charge in [-0.05, 0) is 43.2 Å². The van der Waals surface area contributed by atoms with E-state index in [4.69, 9.17) is 4.74 Å². The van der Waals surface area contributed by atoms with E-state index in [0.29, 0.717) is 30.7 Å². The summed E-state index contributed by atoms with van der Waals surface area (Å²) in [6.07, 6.45) is 2.55. The average molecular weight is 528 g/mol. The zero-order valence-corrected chi connectivity index (χ0v) is 20.6. The maximum absolute atomic E-state index is 14.3. The summed E-state index contributed by atoms with van der Waals surface area (Å²) < 4.78 is 61.7. The SMILES string of the molecule is O=C(C1CCCN(S(=O)(=O)c2cccs2)C1)N(CC1CCCO1)c1nc2c(F)cc(F)cc2s1. The number of hydrogen-bond donors (Lipinski definition) is 0. The normalized spacial score (nSPS) is 21.8. The number of aromatic nitrogens is 1. The van der Waals surface area contributed by atoms with Gasteiger partial charge in [-0.15, -0.1) is 11.3 Å². The first-order valence-electron chi connectivity index (χ1n) is 11.0. The Hall–Kier alpha value is -1.99. The van der Waals surface area contributed by atoms with Crippen molar-refractivity contribution in [3.63, 3.8) is 0 Å². The van der Waals surface area contributed by atoms with Gasteiger partial charge in [0.25, 0.3) is 10.0 Å². The number of benzene rings is 1. The van der Waals surface area contributed by atoms with E-state index in [1.807, 2.05) is 0 Å². The van der Waals surface area contributed by atoms with Crippen molar-refractivity contribution in [1.82, 2.24) is 9.29 Å². The lowest BCUT2D eigenvalue weighted by Gasteiger charge is -2.34. The van der Waals surface area contributed by atoms with Gasteiger partial charge in [-0.25, -0.2) is 22.2 Å². The summed E-state index contributed by atoms with van der Waals surface area (Å²) in [5, 5.41) is 1.97. The minimum absolute atomic E-state index is 0.0112. The molecule has 182 valence electrons.